The van der Waals surface area contributed by atoms with Gasteiger partial charge in [0, 0.05) is 37.8 Å². The van der Waals surface area contributed by atoms with Crippen LogP contribution in [-0.4, -0.2) is 45.2 Å². The third kappa shape index (κ3) is 4.48. The molecular formula is C24H28N4O3. The highest BCUT2D eigenvalue weighted by Crippen LogP contribution is 2.40. The van der Waals surface area contributed by atoms with Crippen molar-refractivity contribution in [2.45, 2.75) is 57.7 Å². The lowest BCUT2D eigenvalue weighted by Crippen LogP contribution is -2.35. The molecule has 1 saturated heterocycles. The summed E-state index contributed by atoms with van der Waals surface area (Å²) in [5.41, 5.74) is 4.95. The molecule has 2 fully saturated rings. The van der Waals surface area contributed by atoms with E-state index >= 15 is 0 Å². The Labute approximate surface area is 181 Å². The summed E-state index contributed by atoms with van der Waals surface area (Å²) in [5.74, 6) is 0.300. The number of fused-ring (bicyclic) bond motifs is 1. The molecule has 3 aromatic rings. The number of amides is 1. The van der Waals surface area contributed by atoms with Gasteiger partial charge in [-0.2, -0.15) is 0 Å². The van der Waals surface area contributed by atoms with Crippen LogP contribution in [0.15, 0.2) is 34.9 Å². The summed E-state index contributed by atoms with van der Waals surface area (Å²) in [4.78, 5) is 19.9. The molecule has 0 bridgehead atoms. The number of carbonyl (C=O) groups excluding carboxylic acids is 1. The largest absolute Gasteiger partial charge is 0.393 e. The van der Waals surface area contributed by atoms with Crippen LogP contribution in [0.3, 0.4) is 0 Å². The molecule has 31 heavy (non-hydrogen) atoms. The Bertz CT molecular complexity index is 1080. The van der Waals surface area contributed by atoms with E-state index in [1.165, 1.54) is 5.56 Å². The van der Waals surface area contributed by atoms with Crippen molar-refractivity contribution in [1.29, 1.82) is 0 Å². The second kappa shape index (κ2) is 8.40. The number of likely N-dealkylation sites (tertiary alicyclic amines) is 1. The van der Waals surface area contributed by atoms with Crippen LogP contribution in [0.2, 0.25) is 0 Å². The first-order valence-electron chi connectivity index (χ1n) is 11.1. The Morgan fingerprint density at radius 2 is 1.87 bits per heavy atom. The van der Waals surface area contributed by atoms with Gasteiger partial charge in [0.05, 0.1) is 22.7 Å². The van der Waals surface area contributed by atoms with Crippen LogP contribution in [-0.2, 0) is 13.1 Å². The van der Waals surface area contributed by atoms with Crippen molar-refractivity contribution in [2.24, 2.45) is 0 Å². The van der Waals surface area contributed by atoms with Gasteiger partial charge in [-0.3, -0.25) is 9.69 Å². The molecule has 1 aliphatic carbocycles. The van der Waals surface area contributed by atoms with Crippen LogP contribution in [0.4, 0.5) is 0 Å². The smallest absolute Gasteiger partial charge is 0.259 e. The molecule has 2 aliphatic rings. The van der Waals surface area contributed by atoms with Crippen LogP contribution in [0.5, 0.6) is 0 Å². The van der Waals surface area contributed by atoms with E-state index < -0.39 is 0 Å². The molecule has 1 amide bonds. The number of aryl methyl sites for hydroxylation is 1. The summed E-state index contributed by atoms with van der Waals surface area (Å²) in [7, 11) is 0. The van der Waals surface area contributed by atoms with Crippen LogP contribution in [0.1, 0.15) is 64.5 Å². The maximum Gasteiger partial charge on any atom is 0.259 e. The van der Waals surface area contributed by atoms with E-state index in [2.05, 4.69) is 44.6 Å². The summed E-state index contributed by atoms with van der Waals surface area (Å²) < 4.78 is 5.34. The predicted molar refractivity (Wildman–Crippen MR) is 117 cm³/mol. The van der Waals surface area contributed by atoms with Gasteiger partial charge >= 0.3 is 0 Å². The Hall–Kier alpha value is -2.77. The van der Waals surface area contributed by atoms with E-state index in [1.54, 1.807) is 0 Å². The van der Waals surface area contributed by atoms with E-state index in [-0.39, 0.29) is 12.0 Å². The molecule has 2 N–H and O–H groups in total. The molecule has 1 aromatic carbocycles. The van der Waals surface area contributed by atoms with Crippen LogP contribution >= 0.6 is 0 Å². The van der Waals surface area contributed by atoms with E-state index in [4.69, 9.17) is 4.52 Å². The van der Waals surface area contributed by atoms with Gasteiger partial charge in [-0.15, -0.1) is 0 Å². The zero-order valence-electron chi connectivity index (χ0n) is 17.8. The number of pyridine rings is 1. The van der Waals surface area contributed by atoms with Gasteiger partial charge in [-0.1, -0.05) is 29.4 Å². The molecule has 3 heterocycles. The molecule has 7 heteroatoms. The number of benzene rings is 1. The third-order valence-electron chi connectivity index (χ3n) is 6.32. The lowest BCUT2D eigenvalue weighted by molar-refractivity contribution is 0.0792. The van der Waals surface area contributed by atoms with Crippen molar-refractivity contribution in [1.82, 2.24) is 20.4 Å². The van der Waals surface area contributed by atoms with E-state index in [9.17, 15) is 9.90 Å². The molecule has 0 unspecified atom stereocenters. The quantitative estimate of drug-likeness (QED) is 0.636. The Kier molecular flexibility index (Phi) is 5.46. The third-order valence-corrected chi connectivity index (χ3v) is 6.32. The molecule has 2 aromatic heterocycles. The number of aliphatic hydroxyl groups is 1. The minimum Gasteiger partial charge on any atom is -0.393 e. The average Bonchev–Trinajstić information content (AvgIpc) is 3.57. The number of piperidine rings is 1. The van der Waals surface area contributed by atoms with Gasteiger partial charge < -0.3 is 14.9 Å². The van der Waals surface area contributed by atoms with Crippen molar-refractivity contribution >= 4 is 17.0 Å². The summed E-state index contributed by atoms with van der Waals surface area (Å²) >= 11 is 0. The normalized spacial score (nSPS) is 17.9. The molecule has 7 nitrogen and oxygen atoms in total. The summed E-state index contributed by atoms with van der Waals surface area (Å²) in [6, 6.07) is 10.3. The van der Waals surface area contributed by atoms with Gasteiger partial charge in [0.2, 0.25) is 0 Å². The molecule has 162 valence electrons. The zero-order valence-corrected chi connectivity index (χ0v) is 17.8. The molecule has 5 rings (SSSR count). The highest BCUT2D eigenvalue weighted by atomic mass is 16.5. The molecular weight excluding hydrogens is 392 g/mol. The zero-order chi connectivity index (χ0) is 21.4. The maximum atomic E-state index is 13.0. The van der Waals surface area contributed by atoms with Gasteiger partial charge in [0.1, 0.15) is 0 Å². The van der Waals surface area contributed by atoms with E-state index in [0.717, 1.165) is 56.6 Å². The first kappa shape index (κ1) is 20.2. The number of nitrogens with one attached hydrogen (secondary N) is 1. The highest BCUT2D eigenvalue weighted by molar-refractivity contribution is 6.06. The van der Waals surface area contributed by atoms with Crippen molar-refractivity contribution in [3.63, 3.8) is 0 Å². The number of rotatable bonds is 6. The first-order valence-corrected chi connectivity index (χ1v) is 11.1. The van der Waals surface area contributed by atoms with Crippen molar-refractivity contribution in [3.05, 3.63) is 58.4 Å². The lowest BCUT2D eigenvalue weighted by atomic mass is 10.1. The standard InChI is InChI=1S/C24H28N4O3/c1-15-22-20(12-21(18-6-7-18)26-24(22)31-27-15)23(30)25-13-16-2-4-17(5-3-16)14-28-10-8-19(29)9-11-28/h2-5,12,18-19,29H,6-11,13-14H2,1H3,(H,25,30). The highest BCUT2D eigenvalue weighted by Gasteiger charge is 2.28. The number of carbonyl (C=O) groups is 1. The Morgan fingerprint density at radius 1 is 1.16 bits per heavy atom. The maximum absolute atomic E-state index is 13.0. The van der Waals surface area contributed by atoms with Gasteiger partial charge in [-0.25, -0.2) is 4.98 Å². The minimum absolute atomic E-state index is 0.128. The monoisotopic (exact) mass is 420 g/mol. The van der Waals surface area contributed by atoms with Crippen molar-refractivity contribution in [3.8, 4) is 0 Å². The van der Waals surface area contributed by atoms with Crippen molar-refractivity contribution < 1.29 is 14.4 Å². The Balaban J connectivity index is 1.24. The second-order valence-corrected chi connectivity index (χ2v) is 8.82. The van der Waals surface area contributed by atoms with E-state index in [1.807, 2.05) is 13.0 Å². The summed E-state index contributed by atoms with van der Waals surface area (Å²) in [5, 5.41) is 17.4. The second-order valence-electron chi connectivity index (χ2n) is 8.82. The van der Waals surface area contributed by atoms with Crippen LogP contribution in [0.25, 0.3) is 11.1 Å². The first-order chi connectivity index (χ1) is 15.1. The SMILES string of the molecule is Cc1noc2nc(C3CC3)cc(C(=O)NCc3ccc(CN4CCC(O)CC4)cc3)c12. The number of nitrogens with zero attached hydrogens (tertiary/aromatic N) is 3. The van der Waals surface area contributed by atoms with Gasteiger partial charge in [-0.05, 0) is 49.8 Å². The topological polar surface area (TPSA) is 91.5 Å². The summed E-state index contributed by atoms with van der Waals surface area (Å²) in [6.07, 6.45) is 3.76. The lowest BCUT2D eigenvalue weighted by Gasteiger charge is -2.29. The van der Waals surface area contributed by atoms with Crippen LogP contribution in [0, 0.1) is 6.92 Å². The fourth-order valence-corrected chi connectivity index (χ4v) is 4.26. The fraction of sp³-hybridized carbons (Fsp3) is 0.458. The molecule has 1 aliphatic heterocycles. The average molecular weight is 421 g/mol. The fourth-order valence-electron chi connectivity index (χ4n) is 4.26. The predicted octanol–water partition coefficient (Wildman–Crippen LogP) is 3.30. The van der Waals surface area contributed by atoms with E-state index in [0.29, 0.717) is 34.8 Å². The Morgan fingerprint density at radius 3 is 2.58 bits per heavy atom. The van der Waals surface area contributed by atoms with Gasteiger partial charge in [0.15, 0.2) is 0 Å². The molecule has 0 spiro atoms. The van der Waals surface area contributed by atoms with Gasteiger partial charge in [0.25, 0.3) is 11.6 Å². The van der Waals surface area contributed by atoms with Crippen LogP contribution < -0.4 is 5.32 Å². The minimum atomic E-state index is -0.147. The number of hydrogen-bond acceptors (Lipinski definition) is 6. The number of aromatic nitrogens is 2. The number of aliphatic hydroxyl groups excluding tert-OH is 1. The van der Waals surface area contributed by atoms with Crippen molar-refractivity contribution in [2.75, 3.05) is 13.1 Å². The molecule has 0 atom stereocenters. The number of hydrogen-bond donors (Lipinski definition) is 2. The molecule has 1 saturated carbocycles. The summed E-state index contributed by atoms with van der Waals surface area (Å²) in [6.45, 7) is 5.06. The molecule has 0 radical (unpaired) electrons.